The number of halogens is 1. The summed E-state index contributed by atoms with van der Waals surface area (Å²) in [5.74, 6) is 2.07. The van der Waals surface area contributed by atoms with E-state index in [4.69, 9.17) is 4.74 Å². The number of aromatic nitrogens is 2. The Kier molecular flexibility index (Phi) is 4.21. The van der Waals surface area contributed by atoms with E-state index in [9.17, 15) is 0 Å². The molecule has 0 atom stereocenters. The van der Waals surface area contributed by atoms with E-state index in [0.29, 0.717) is 5.95 Å². The molecular weight excluding hydrogens is 308 g/mol. The number of benzene rings is 1. The molecule has 100 valence electrons. The van der Waals surface area contributed by atoms with Crippen LogP contribution in [0.4, 0.5) is 17.5 Å². The van der Waals surface area contributed by atoms with Gasteiger partial charge in [-0.3, -0.25) is 0 Å². The van der Waals surface area contributed by atoms with E-state index in [0.717, 1.165) is 27.3 Å². The summed E-state index contributed by atoms with van der Waals surface area (Å²) >= 11 is 3.44. The van der Waals surface area contributed by atoms with Crippen molar-refractivity contribution < 1.29 is 4.74 Å². The van der Waals surface area contributed by atoms with Crippen LogP contribution in [0, 0.1) is 6.92 Å². The highest BCUT2D eigenvalue weighted by atomic mass is 79.9. The van der Waals surface area contributed by atoms with Gasteiger partial charge in [-0.2, -0.15) is 4.98 Å². The van der Waals surface area contributed by atoms with Crippen molar-refractivity contribution in [3.63, 3.8) is 0 Å². The fraction of sp³-hybridized carbons (Fsp3) is 0.231. The maximum Gasteiger partial charge on any atom is 0.224 e. The van der Waals surface area contributed by atoms with Gasteiger partial charge in [0.2, 0.25) is 5.95 Å². The smallest absolute Gasteiger partial charge is 0.224 e. The molecule has 1 aromatic carbocycles. The van der Waals surface area contributed by atoms with E-state index in [2.05, 4.69) is 36.5 Å². The molecule has 0 saturated carbocycles. The third-order valence-corrected chi connectivity index (χ3v) is 3.10. The Morgan fingerprint density at radius 3 is 2.79 bits per heavy atom. The molecule has 0 bridgehead atoms. The first-order valence-electron chi connectivity index (χ1n) is 5.76. The Morgan fingerprint density at radius 1 is 1.32 bits per heavy atom. The lowest BCUT2D eigenvalue weighted by Gasteiger charge is -2.13. The van der Waals surface area contributed by atoms with Crippen molar-refractivity contribution in [2.75, 3.05) is 24.8 Å². The van der Waals surface area contributed by atoms with Crippen LogP contribution < -0.4 is 15.4 Å². The van der Waals surface area contributed by atoms with Crippen LogP contribution in [0.1, 0.15) is 5.56 Å². The molecule has 1 aromatic heterocycles. The van der Waals surface area contributed by atoms with Crippen molar-refractivity contribution in [2.45, 2.75) is 6.92 Å². The summed E-state index contributed by atoms with van der Waals surface area (Å²) in [4.78, 5) is 8.54. The van der Waals surface area contributed by atoms with Crippen LogP contribution in [-0.4, -0.2) is 24.1 Å². The number of anilines is 3. The number of aryl methyl sites for hydroxylation is 1. The molecule has 1 heterocycles. The van der Waals surface area contributed by atoms with E-state index >= 15 is 0 Å². The minimum absolute atomic E-state index is 0.571. The van der Waals surface area contributed by atoms with Gasteiger partial charge in [0.15, 0.2) is 0 Å². The first kappa shape index (κ1) is 13.6. The second-order valence-corrected chi connectivity index (χ2v) is 4.86. The fourth-order valence-electron chi connectivity index (χ4n) is 1.59. The van der Waals surface area contributed by atoms with Crippen LogP contribution in [0.15, 0.2) is 28.9 Å². The molecule has 19 heavy (non-hydrogen) atoms. The van der Waals surface area contributed by atoms with Gasteiger partial charge >= 0.3 is 0 Å². The SMILES string of the molecule is CNc1ncc(C)c(Nc2cc(Br)ccc2OC)n1. The minimum Gasteiger partial charge on any atom is -0.495 e. The standard InChI is InChI=1S/C13H15BrN4O/c1-8-7-16-13(15-2)18-12(8)17-10-6-9(14)4-5-11(10)19-3/h4-7H,1-3H3,(H2,15,16,17,18). The number of nitrogens with zero attached hydrogens (tertiary/aromatic N) is 2. The number of hydrogen-bond acceptors (Lipinski definition) is 5. The molecule has 0 aliphatic carbocycles. The Bertz CT molecular complexity index is 589. The lowest BCUT2D eigenvalue weighted by Crippen LogP contribution is -2.03. The largest absolute Gasteiger partial charge is 0.495 e. The van der Waals surface area contributed by atoms with Crippen LogP contribution in [0.5, 0.6) is 5.75 Å². The average Bonchev–Trinajstić information content (AvgIpc) is 2.41. The Balaban J connectivity index is 2.37. The van der Waals surface area contributed by atoms with Gasteiger partial charge in [0.25, 0.3) is 0 Å². The summed E-state index contributed by atoms with van der Waals surface area (Å²) in [6.45, 7) is 1.95. The lowest BCUT2D eigenvalue weighted by atomic mass is 10.2. The van der Waals surface area contributed by atoms with E-state index in [1.54, 1.807) is 20.4 Å². The molecule has 0 unspecified atom stereocenters. The van der Waals surface area contributed by atoms with E-state index in [1.165, 1.54) is 0 Å². The number of nitrogens with one attached hydrogen (secondary N) is 2. The molecule has 2 aromatic rings. The molecule has 5 nitrogen and oxygen atoms in total. The Morgan fingerprint density at radius 2 is 2.11 bits per heavy atom. The molecule has 0 saturated heterocycles. The van der Waals surface area contributed by atoms with E-state index < -0.39 is 0 Å². The Labute approximate surface area is 120 Å². The van der Waals surface area contributed by atoms with Gasteiger partial charge in [-0.25, -0.2) is 4.98 Å². The normalized spacial score (nSPS) is 10.1. The van der Waals surface area contributed by atoms with Crippen molar-refractivity contribution in [1.82, 2.24) is 9.97 Å². The summed E-state index contributed by atoms with van der Waals surface area (Å²) in [6.07, 6.45) is 1.77. The third kappa shape index (κ3) is 3.14. The quantitative estimate of drug-likeness (QED) is 0.904. The molecule has 0 aliphatic rings. The summed E-state index contributed by atoms with van der Waals surface area (Å²) in [5.41, 5.74) is 1.81. The zero-order chi connectivity index (χ0) is 13.8. The van der Waals surface area contributed by atoms with Crippen molar-refractivity contribution in [1.29, 1.82) is 0 Å². The van der Waals surface area contributed by atoms with Crippen molar-refractivity contribution in [3.8, 4) is 5.75 Å². The second-order valence-electron chi connectivity index (χ2n) is 3.94. The van der Waals surface area contributed by atoms with Gasteiger partial charge in [-0.1, -0.05) is 15.9 Å². The van der Waals surface area contributed by atoms with Crippen molar-refractivity contribution >= 4 is 33.4 Å². The predicted molar refractivity (Wildman–Crippen MR) is 80.3 cm³/mol. The van der Waals surface area contributed by atoms with Gasteiger partial charge in [-0.05, 0) is 25.1 Å². The third-order valence-electron chi connectivity index (χ3n) is 2.61. The molecule has 0 spiro atoms. The molecule has 2 rings (SSSR count). The van der Waals surface area contributed by atoms with Crippen molar-refractivity contribution in [2.24, 2.45) is 0 Å². The zero-order valence-electron chi connectivity index (χ0n) is 11.0. The number of hydrogen-bond donors (Lipinski definition) is 2. The van der Waals surface area contributed by atoms with Crippen LogP contribution in [0.2, 0.25) is 0 Å². The van der Waals surface area contributed by atoms with E-state index in [1.807, 2.05) is 25.1 Å². The Hall–Kier alpha value is -1.82. The van der Waals surface area contributed by atoms with Crippen molar-refractivity contribution in [3.05, 3.63) is 34.4 Å². The zero-order valence-corrected chi connectivity index (χ0v) is 12.6. The maximum atomic E-state index is 5.33. The number of rotatable bonds is 4. The molecule has 0 aliphatic heterocycles. The van der Waals surface area contributed by atoms with Gasteiger partial charge in [0.1, 0.15) is 11.6 Å². The van der Waals surface area contributed by atoms with E-state index in [-0.39, 0.29) is 0 Å². The molecule has 6 heteroatoms. The summed E-state index contributed by atoms with van der Waals surface area (Å²) in [7, 11) is 3.43. The van der Waals surface area contributed by atoms with Crippen LogP contribution in [0.25, 0.3) is 0 Å². The predicted octanol–water partition coefficient (Wildman–Crippen LogP) is 3.34. The number of ether oxygens (including phenoxy) is 1. The van der Waals surface area contributed by atoms with Crippen LogP contribution >= 0.6 is 15.9 Å². The molecule has 0 radical (unpaired) electrons. The monoisotopic (exact) mass is 322 g/mol. The van der Waals surface area contributed by atoms with Gasteiger partial charge in [-0.15, -0.1) is 0 Å². The summed E-state index contributed by atoms with van der Waals surface area (Å²) < 4.78 is 6.30. The highest BCUT2D eigenvalue weighted by molar-refractivity contribution is 9.10. The first-order valence-corrected chi connectivity index (χ1v) is 6.55. The minimum atomic E-state index is 0.571. The van der Waals surface area contributed by atoms with Crippen LogP contribution in [0.3, 0.4) is 0 Å². The molecular formula is C13H15BrN4O. The van der Waals surface area contributed by atoms with Gasteiger partial charge < -0.3 is 15.4 Å². The molecule has 2 N–H and O–H groups in total. The fourth-order valence-corrected chi connectivity index (χ4v) is 1.96. The highest BCUT2D eigenvalue weighted by Crippen LogP contribution is 2.31. The first-order chi connectivity index (χ1) is 9.13. The second kappa shape index (κ2) is 5.88. The summed E-state index contributed by atoms with van der Waals surface area (Å²) in [6, 6.07) is 5.76. The van der Waals surface area contributed by atoms with Gasteiger partial charge in [0.05, 0.1) is 12.8 Å². The topological polar surface area (TPSA) is 59.1 Å². The van der Waals surface area contributed by atoms with Gasteiger partial charge in [0, 0.05) is 23.3 Å². The number of methoxy groups -OCH3 is 1. The lowest BCUT2D eigenvalue weighted by molar-refractivity contribution is 0.416. The maximum absolute atomic E-state index is 5.33. The molecule has 0 amide bonds. The highest BCUT2D eigenvalue weighted by Gasteiger charge is 2.08. The summed E-state index contributed by atoms with van der Waals surface area (Å²) in [5, 5.41) is 6.18. The average molecular weight is 323 g/mol. The van der Waals surface area contributed by atoms with Crippen LogP contribution in [-0.2, 0) is 0 Å². The molecule has 0 fully saturated rings.